The number of methoxy groups -OCH3 is 1. The number of rotatable bonds is 9. The number of amides is 1. The van der Waals surface area contributed by atoms with E-state index in [4.69, 9.17) is 16.3 Å². The number of carbonyl (C=O) groups excluding carboxylic acids is 1. The first-order valence-corrected chi connectivity index (χ1v) is 16.0. The van der Waals surface area contributed by atoms with Crippen LogP contribution in [0.2, 0.25) is 5.02 Å². The smallest absolute Gasteiger partial charge is 0.264 e. The van der Waals surface area contributed by atoms with Crippen LogP contribution in [0.5, 0.6) is 5.75 Å². The Kier molecular flexibility index (Phi) is 9.09. The molecule has 1 heterocycles. The van der Waals surface area contributed by atoms with Gasteiger partial charge in [-0.3, -0.25) is 9.10 Å². The number of nitrogens with one attached hydrogen (secondary N) is 1. The van der Waals surface area contributed by atoms with Gasteiger partial charge in [0, 0.05) is 18.1 Å². The molecular weight excluding hydrogens is 574 g/mol. The highest BCUT2D eigenvalue weighted by atomic mass is 35.5. The van der Waals surface area contributed by atoms with Crippen LogP contribution in [0.15, 0.2) is 70.5 Å². The lowest BCUT2D eigenvalue weighted by atomic mass is 10.1. The Labute approximate surface area is 240 Å². The molecule has 1 N–H and O–H groups in total. The molecule has 3 aromatic rings. The topological polar surface area (TPSA) is 113 Å². The van der Waals surface area contributed by atoms with Gasteiger partial charge in [-0.15, -0.1) is 0 Å². The average Bonchev–Trinajstić information content (AvgIpc) is 2.94. The number of hydrogen-bond donors (Lipinski definition) is 1. The van der Waals surface area contributed by atoms with Crippen LogP contribution in [0.1, 0.15) is 30.4 Å². The maximum absolute atomic E-state index is 13.7. The summed E-state index contributed by atoms with van der Waals surface area (Å²) in [7, 11) is -6.54. The maximum atomic E-state index is 13.7. The third kappa shape index (κ3) is 6.43. The number of halogens is 1. The molecule has 1 aliphatic heterocycles. The standard InChI is InChI=1S/C28H32ClN3O6S2/c1-20-7-10-23(17-21(20)2)32(40(36,37)24-11-8-22(29)9-12-24)19-28(33)30-26-18-25(13-14-27(26)38-3)39(34,35)31-15-5-4-6-16-31/h7-14,17-18H,4-6,15-16,19H2,1-3H3,(H,30,33). The Morgan fingerprint density at radius 1 is 0.900 bits per heavy atom. The molecule has 214 valence electrons. The number of anilines is 2. The van der Waals surface area contributed by atoms with Gasteiger partial charge in [-0.25, -0.2) is 16.8 Å². The summed E-state index contributed by atoms with van der Waals surface area (Å²) in [6, 6.07) is 15.0. The predicted octanol–water partition coefficient (Wildman–Crippen LogP) is 4.97. The highest BCUT2D eigenvalue weighted by Crippen LogP contribution is 2.31. The molecule has 0 bridgehead atoms. The minimum atomic E-state index is -4.17. The van der Waals surface area contributed by atoms with E-state index in [0.29, 0.717) is 23.8 Å². The summed E-state index contributed by atoms with van der Waals surface area (Å²) in [4.78, 5) is 13.3. The van der Waals surface area contributed by atoms with Crippen molar-refractivity contribution in [3.8, 4) is 5.75 Å². The van der Waals surface area contributed by atoms with Crippen LogP contribution in [0.3, 0.4) is 0 Å². The van der Waals surface area contributed by atoms with Crippen molar-refractivity contribution >= 4 is 48.9 Å². The van der Waals surface area contributed by atoms with E-state index >= 15 is 0 Å². The monoisotopic (exact) mass is 605 g/mol. The fourth-order valence-electron chi connectivity index (χ4n) is 4.45. The number of aryl methyl sites for hydroxylation is 2. The molecule has 40 heavy (non-hydrogen) atoms. The van der Waals surface area contributed by atoms with Gasteiger partial charge in [-0.1, -0.05) is 24.1 Å². The van der Waals surface area contributed by atoms with Gasteiger partial charge in [0.1, 0.15) is 12.3 Å². The van der Waals surface area contributed by atoms with Crippen molar-refractivity contribution < 1.29 is 26.4 Å². The molecular formula is C28H32ClN3O6S2. The van der Waals surface area contributed by atoms with Crippen molar-refractivity contribution in [2.45, 2.75) is 42.9 Å². The molecule has 9 nitrogen and oxygen atoms in total. The van der Waals surface area contributed by atoms with Gasteiger partial charge in [-0.05, 0) is 92.4 Å². The summed E-state index contributed by atoms with van der Waals surface area (Å²) >= 11 is 5.96. The van der Waals surface area contributed by atoms with Crippen LogP contribution >= 0.6 is 11.6 Å². The lowest BCUT2D eigenvalue weighted by Crippen LogP contribution is -2.38. The Morgan fingerprint density at radius 3 is 2.17 bits per heavy atom. The van der Waals surface area contributed by atoms with Crippen LogP contribution in [0.4, 0.5) is 11.4 Å². The van der Waals surface area contributed by atoms with E-state index in [2.05, 4.69) is 5.32 Å². The molecule has 4 rings (SSSR count). The van der Waals surface area contributed by atoms with Gasteiger partial charge < -0.3 is 10.1 Å². The Morgan fingerprint density at radius 2 is 1.55 bits per heavy atom. The molecule has 0 spiro atoms. The highest BCUT2D eigenvalue weighted by Gasteiger charge is 2.29. The van der Waals surface area contributed by atoms with Gasteiger partial charge in [0.05, 0.1) is 28.3 Å². The second-order valence-corrected chi connectivity index (χ2v) is 13.8. The van der Waals surface area contributed by atoms with Crippen molar-refractivity contribution in [3.05, 3.63) is 76.8 Å². The molecule has 1 amide bonds. The first-order chi connectivity index (χ1) is 18.9. The zero-order valence-corrected chi connectivity index (χ0v) is 24.9. The van der Waals surface area contributed by atoms with E-state index in [-0.39, 0.29) is 21.2 Å². The summed E-state index contributed by atoms with van der Waals surface area (Å²) in [5.41, 5.74) is 2.25. The first-order valence-electron chi connectivity index (χ1n) is 12.8. The lowest BCUT2D eigenvalue weighted by molar-refractivity contribution is -0.114. The van der Waals surface area contributed by atoms with Crippen LogP contribution in [0.25, 0.3) is 0 Å². The number of benzene rings is 3. The van der Waals surface area contributed by atoms with Gasteiger partial charge in [-0.2, -0.15) is 4.31 Å². The highest BCUT2D eigenvalue weighted by molar-refractivity contribution is 7.92. The third-order valence-corrected chi connectivity index (χ3v) is 10.8. The van der Waals surface area contributed by atoms with E-state index in [9.17, 15) is 21.6 Å². The van der Waals surface area contributed by atoms with E-state index in [1.165, 1.54) is 53.9 Å². The fourth-order valence-corrected chi connectivity index (χ4v) is 7.53. The molecule has 0 radical (unpaired) electrons. The predicted molar refractivity (Wildman–Crippen MR) is 156 cm³/mol. The Bertz CT molecular complexity index is 1600. The van der Waals surface area contributed by atoms with Gasteiger partial charge >= 0.3 is 0 Å². The number of carbonyl (C=O) groups is 1. The van der Waals surface area contributed by atoms with Crippen molar-refractivity contribution in [3.63, 3.8) is 0 Å². The van der Waals surface area contributed by atoms with Crippen molar-refractivity contribution in [1.82, 2.24) is 4.31 Å². The van der Waals surface area contributed by atoms with Crippen LogP contribution in [-0.4, -0.2) is 53.8 Å². The van der Waals surface area contributed by atoms with Crippen molar-refractivity contribution in [2.24, 2.45) is 0 Å². The molecule has 0 saturated carbocycles. The summed E-state index contributed by atoms with van der Waals surface area (Å²) in [5, 5.41) is 3.04. The molecule has 0 aromatic heterocycles. The number of nitrogens with zero attached hydrogens (tertiary/aromatic N) is 2. The Balaban J connectivity index is 1.67. The maximum Gasteiger partial charge on any atom is 0.264 e. The number of sulfonamides is 2. The van der Waals surface area contributed by atoms with E-state index in [1.54, 1.807) is 18.2 Å². The van der Waals surface area contributed by atoms with Crippen molar-refractivity contribution in [2.75, 3.05) is 36.4 Å². The van der Waals surface area contributed by atoms with Crippen molar-refractivity contribution in [1.29, 1.82) is 0 Å². The van der Waals surface area contributed by atoms with Gasteiger partial charge in [0.25, 0.3) is 10.0 Å². The molecule has 1 fully saturated rings. The summed E-state index contributed by atoms with van der Waals surface area (Å²) in [6.07, 6.45) is 2.55. The second kappa shape index (κ2) is 12.2. The molecule has 1 saturated heterocycles. The number of piperidine rings is 1. The van der Waals surface area contributed by atoms with Crippen LogP contribution < -0.4 is 14.4 Å². The second-order valence-electron chi connectivity index (χ2n) is 9.61. The van der Waals surface area contributed by atoms with Crippen LogP contribution in [0, 0.1) is 13.8 Å². The minimum Gasteiger partial charge on any atom is -0.495 e. The van der Waals surface area contributed by atoms with Gasteiger partial charge in [0.2, 0.25) is 15.9 Å². The molecule has 1 aliphatic rings. The number of hydrogen-bond acceptors (Lipinski definition) is 6. The zero-order valence-electron chi connectivity index (χ0n) is 22.6. The summed E-state index contributed by atoms with van der Waals surface area (Å²) in [6.45, 7) is 4.05. The lowest BCUT2D eigenvalue weighted by Gasteiger charge is -2.26. The molecule has 0 unspecified atom stereocenters. The summed E-state index contributed by atoms with van der Waals surface area (Å²) < 4.78 is 61.7. The normalized spacial score (nSPS) is 14.5. The zero-order chi connectivity index (χ0) is 29.1. The molecule has 0 aliphatic carbocycles. The first kappa shape index (κ1) is 29.9. The largest absolute Gasteiger partial charge is 0.495 e. The molecule has 12 heteroatoms. The fraction of sp³-hybridized carbons (Fsp3) is 0.321. The van der Waals surface area contributed by atoms with E-state index in [1.807, 2.05) is 13.8 Å². The Hall–Kier alpha value is -3.12. The van der Waals surface area contributed by atoms with E-state index in [0.717, 1.165) is 34.7 Å². The summed E-state index contributed by atoms with van der Waals surface area (Å²) in [5.74, 6) is -0.439. The third-order valence-electron chi connectivity index (χ3n) is 6.87. The van der Waals surface area contributed by atoms with E-state index < -0.39 is 32.5 Å². The number of ether oxygens (including phenoxy) is 1. The minimum absolute atomic E-state index is 0.0188. The van der Waals surface area contributed by atoms with Gasteiger partial charge in [0.15, 0.2) is 0 Å². The van der Waals surface area contributed by atoms with Crippen LogP contribution in [-0.2, 0) is 24.8 Å². The SMILES string of the molecule is COc1ccc(S(=O)(=O)N2CCCCC2)cc1NC(=O)CN(c1ccc(C)c(C)c1)S(=O)(=O)c1ccc(Cl)cc1. The quantitative estimate of drug-likeness (QED) is 0.368. The molecule has 3 aromatic carbocycles. The average molecular weight is 606 g/mol. The molecule has 0 atom stereocenters.